The first-order valence-electron chi connectivity index (χ1n) is 6.26. The molecule has 0 fully saturated rings. The molecule has 1 amide bonds. The Morgan fingerprint density at radius 2 is 1.89 bits per heavy atom. The van der Waals surface area contributed by atoms with E-state index in [-0.39, 0.29) is 12.5 Å². The fourth-order valence-electron chi connectivity index (χ4n) is 1.81. The Labute approximate surface area is 113 Å². The van der Waals surface area contributed by atoms with Crippen molar-refractivity contribution in [3.8, 4) is 0 Å². The monoisotopic (exact) mass is 261 g/mol. The van der Waals surface area contributed by atoms with Gasteiger partial charge < -0.3 is 10.0 Å². The molecule has 1 aromatic carbocycles. The molecule has 4 nitrogen and oxygen atoms in total. The lowest BCUT2D eigenvalue weighted by Crippen LogP contribution is -2.35. The molecule has 0 spiro atoms. The Morgan fingerprint density at radius 1 is 1.26 bits per heavy atom. The predicted molar refractivity (Wildman–Crippen MR) is 73.5 cm³/mol. The summed E-state index contributed by atoms with van der Waals surface area (Å²) in [7, 11) is 0. The van der Waals surface area contributed by atoms with Crippen molar-refractivity contribution in [2.24, 2.45) is 0 Å². The van der Waals surface area contributed by atoms with E-state index in [9.17, 15) is 9.59 Å². The number of allylic oxidation sites excluding steroid dienone is 1. The van der Waals surface area contributed by atoms with Gasteiger partial charge in [-0.25, -0.2) is 0 Å². The van der Waals surface area contributed by atoms with Crippen LogP contribution in [0.5, 0.6) is 0 Å². The molecule has 19 heavy (non-hydrogen) atoms. The minimum absolute atomic E-state index is 0.229. The number of hydrogen-bond donors (Lipinski definition) is 1. The molecule has 0 radical (unpaired) electrons. The molecule has 102 valence electrons. The van der Waals surface area contributed by atoms with Crippen molar-refractivity contribution in [2.45, 2.75) is 26.8 Å². The van der Waals surface area contributed by atoms with Gasteiger partial charge in [0.1, 0.15) is 6.54 Å². The van der Waals surface area contributed by atoms with Gasteiger partial charge in [-0.15, -0.1) is 0 Å². The van der Waals surface area contributed by atoms with Crippen LogP contribution in [0.3, 0.4) is 0 Å². The molecule has 0 aliphatic heterocycles. The number of carboxylic acids is 1. The summed E-state index contributed by atoms with van der Waals surface area (Å²) in [6, 6.07) is 9.37. The van der Waals surface area contributed by atoms with Crippen molar-refractivity contribution in [3.05, 3.63) is 47.5 Å². The number of hydrogen-bond acceptors (Lipinski definition) is 2. The Kier molecular flexibility index (Phi) is 5.79. The molecule has 0 unspecified atom stereocenters. The molecule has 0 saturated heterocycles. The average Bonchev–Trinajstić information content (AvgIpc) is 2.38. The molecule has 1 aromatic rings. The molecule has 1 N–H and O–H groups in total. The average molecular weight is 261 g/mol. The van der Waals surface area contributed by atoms with E-state index in [4.69, 9.17) is 5.11 Å². The van der Waals surface area contributed by atoms with Crippen LogP contribution in [0.25, 0.3) is 0 Å². The van der Waals surface area contributed by atoms with Gasteiger partial charge in [-0.05, 0) is 18.9 Å². The highest BCUT2D eigenvalue weighted by atomic mass is 16.4. The van der Waals surface area contributed by atoms with Gasteiger partial charge in [0.15, 0.2) is 0 Å². The van der Waals surface area contributed by atoms with Crippen LogP contribution in [-0.2, 0) is 16.1 Å². The molecule has 0 aliphatic carbocycles. The van der Waals surface area contributed by atoms with Crippen LogP contribution in [0.1, 0.15) is 25.8 Å². The molecule has 0 aromatic heterocycles. The first-order chi connectivity index (χ1) is 9.04. The Hall–Kier alpha value is -2.10. The van der Waals surface area contributed by atoms with E-state index >= 15 is 0 Å². The SMILES string of the molecule is CC/C=C(/C)C(=O)N(CC(=O)O)Cc1ccccc1. The molecule has 0 saturated carbocycles. The summed E-state index contributed by atoms with van der Waals surface area (Å²) in [6.07, 6.45) is 2.56. The van der Waals surface area contributed by atoms with Gasteiger partial charge in [0.25, 0.3) is 0 Å². The summed E-state index contributed by atoms with van der Waals surface area (Å²) in [5, 5.41) is 8.91. The molecule has 0 heterocycles. The number of benzene rings is 1. The molecule has 4 heteroatoms. The summed E-state index contributed by atoms with van der Waals surface area (Å²) in [5.74, 6) is -1.23. The fraction of sp³-hybridized carbons (Fsp3) is 0.333. The molecule has 0 atom stereocenters. The van der Waals surface area contributed by atoms with Gasteiger partial charge in [-0.2, -0.15) is 0 Å². The first kappa shape index (κ1) is 15.0. The maximum atomic E-state index is 12.2. The van der Waals surface area contributed by atoms with E-state index in [1.165, 1.54) is 4.90 Å². The van der Waals surface area contributed by atoms with E-state index in [2.05, 4.69) is 0 Å². The van der Waals surface area contributed by atoms with Crippen LogP contribution in [0.4, 0.5) is 0 Å². The molecule has 0 aliphatic rings. The van der Waals surface area contributed by atoms with Gasteiger partial charge in [-0.1, -0.05) is 43.3 Å². The lowest BCUT2D eigenvalue weighted by atomic mass is 10.1. The zero-order valence-corrected chi connectivity index (χ0v) is 11.3. The van der Waals surface area contributed by atoms with E-state index < -0.39 is 5.97 Å². The number of aliphatic carboxylic acids is 1. The normalized spacial score (nSPS) is 11.2. The third-order valence-corrected chi connectivity index (χ3v) is 2.68. The van der Waals surface area contributed by atoms with Crippen LogP contribution in [0.2, 0.25) is 0 Å². The van der Waals surface area contributed by atoms with E-state index in [1.807, 2.05) is 43.3 Å². The van der Waals surface area contributed by atoms with Crippen LogP contribution >= 0.6 is 0 Å². The largest absolute Gasteiger partial charge is 0.480 e. The van der Waals surface area contributed by atoms with Crippen molar-refractivity contribution in [3.63, 3.8) is 0 Å². The van der Waals surface area contributed by atoms with Gasteiger partial charge in [-0.3, -0.25) is 9.59 Å². The van der Waals surface area contributed by atoms with Crippen molar-refractivity contribution in [2.75, 3.05) is 6.54 Å². The Balaban J connectivity index is 2.86. The number of carbonyl (C=O) groups excluding carboxylic acids is 1. The van der Waals surface area contributed by atoms with Crippen LogP contribution in [0, 0.1) is 0 Å². The van der Waals surface area contributed by atoms with Crippen molar-refractivity contribution in [1.82, 2.24) is 4.90 Å². The molecular formula is C15H19NO3. The Morgan fingerprint density at radius 3 is 2.42 bits per heavy atom. The van der Waals surface area contributed by atoms with Crippen LogP contribution < -0.4 is 0 Å². The minimum Gasteiger partial charge on any atom is -0.480 e. The maximum absolute atomic E-state index is 12.2. The molecule has 1 rings (SSSR count). The summed E-state index contributed by atoms with van der Waals surface area (Å²) in [4.78, 5) is 24.4. The third kappa shape index (κ3) is 4.95. The second kappa shape index (κ2) is 7.36. The van der Waals surface area contributed by atoms with E-state index in [1.54, 1.807) is 6.92 Å². The smallest absolute Gasteiger partial charge is 0.323 e. The quantitative estimate of drug-likeness (QED) is 0.800. The number of nitrogens with zero attached hydrogens (tertiary/aromatic N) is 1. The summed E-state index contributed by atoms with van der Waals surface area (Å²) in [5.41, 5.74) is 1.50. The zero-order chi connectivity index (χ0) is 14.3. The van der Waals surface area contributed by atoms with Gasteiger partial charge in [0.2, 0.25) is 5.91 Å². The van der Waals surface area contributed by atoms with E-state index in [0.717, 1.165) is 12.0 Å². The number of carbonyl (C=O) groups is 2. The standard InChI is InChI=1S/C15H19NO3/c1-3-7-12(2)15(19)16(11-14(17)18)10-13-8-5-4-6-9-13/h4-9H,3,10-11H2,1-2H3,(H,17,18)/b12-7-. The van der Waals surface area contributed by atoms with Crippen LogP contribution in [0.15, 0.2) is 42.0 Å². The second-order valence-corrected chi connectivity index (χ2v) is 4.34. The van der Waals surface area contributed by atoms with Crippen molar-refractivity contribution >= 4 is 11.9 Å². The summed E-state index contributed by atoms with van der Waals surface area (Å²) >= 11 is 0. The van der Waals surface area contributed by atoms with Gasteiger partial charge >= 0.3 is 5.97 Å². The third-order valence-electron chi connectivity index (χ3n) is 2.68. The highest BCUT2D eigenvalue weighted by Gasteiger charge is 2.18. The molecule has 0 bridgehead atoms. The van der Waals surface area contributed by atoms with Crippen LogP contribution in [-0.4, -0.2) is 28.4 Å². The fourth-order valence-corrected chi connectivity index (χ4v) is 1.81. The number of amides is 1. The lowest BCUT2D eigenvalue weighted by Gasteiger charge is -2.21. The number of rotatable bonds is 6. The van der Waals surface area contributed by atoms with E-state index in [0.29, 0.717) is 12.1 Å². The lowest BCUT2D eigenvalue weighted by molar-refractivity contribution is -0.143. The van der Waals surface area contributed by atoms with Crippen molar-refractivity contribution < 1.29 is 14.7 Å². The zero-order valence-electron chi connectivity index (χ0n) is 11.3. The second-order valence-electron chi connectivity index (χ2n) is 4.34. The maximum Gasteiger partial charge on any atom is 0.323 e. The topological polar surface area (TPSA) is 57.6 Å². The highest BCUT2D eigenvalue weighted by molar-refractivity contribution is 5.94. The highest BCUT2D eigenvalue weighted by Crippen LogP contribution is 2.09. The van der Waals surface area contributed by atoms with Crippen molar-refractivity contribution in [1.29, 1.82) is 0 Å². The summed E-state index contributed by atoms with van der Waals surface area (Å²) in [6.45, 7) is 3.67. The molecular weight excluding hydrogens is 242 g/mol. The summed E-state index contributed by atoms with van der Waals surface area (Å²) < 4.78 is 0. The Bertz CT molecular complexity index is 466. The predicted octanol–water partition coefficient (Wildman–Crippen LogP) is 2.46. The van der Waals surface area contributed by atoms with Gasteiger partial charge in [0.05, 0.1) is 0 Å². The van der Waals surface area contributed by atoms with Gasteiger partial charge in [0, 0.05) is 12.1 Å². The first-order valence-corrected chi connectivity index (χ1v) is 6.26. The number of carboxylic acid groups (broad SMARTS) is 1. The minimum atomic E-state index is -1.01.